The van der Waals surface area contributed by atoms with E-state index in [1.807, 2.05) is 0 Å². The van der Waals surface area contributed by atoms with Crippen molar-refractivity contribution in [3.63, 3.8) is 0 Å². The Bertz CT molecular complexity index is 510. The number of ether oxygens (including phenoxy) is 1. The minimum absolute atomic E-state index is 0.189. The number of carboxylic acids is 1. The average Bonchev–Trinajstić information content (AvgIpc) is 2.37. The van der Waals surface area contributed by atoms with Gasteiger partial charge in [0.1, 0.15) is 5.60 Å². The number of carbonyl (C=O) groups excluding carboxylic acids is 1. The molecule has 0 bridgehead atoms. The van der Waals surface area contributed by atoms with Crippen LogP contribution in [0, 0.1) is 0 Å². The van der Waals surface area contributed by atoms with E-state index in [0.717, 1.165) is 0 Å². The third-order valence-corrected chi connectivity index (χ3v) is 3.05. The maximum Gasteiger partial charge on any atom is 0.411 e. The summed E-state index contributed by atoms with van der Waals surface area (Å²) in [5, 5.41) is 9.65. The van der Waals surface area contributed by atoms with Gasteiger partial charge in [-0.05, 0) is 46.8 Å². The second kappa shape index (κ2) is 6.11. The van der Waals surface area contributed by atoms with Crippen LogP contribution in [0.5, 0.6) is 0 Å². The molecule has 0 saturated heterocycles. The Morgan fingerprint density at radius 1 is 1.29 bits per heavy atom. The Kier molecular flexibility index (Phi) is 4.93. The van der Waals surface area contributed by atoms with Crippen LogP contribution < -0.4 is 0 Å². The molecule has 1 N–H and O–H groups in total. The molecule has 1 rings (SSSR count). The van der Waals surface area contributed by atoms with Crippen LogP contribution in [0.2, 0.25) is 0 Å². The van der Waals surface area contributed by atoms with Gasteiger partial charge in [-0.1, -0.05) is 6.07 Å². The van der Waals surface area contributed by atoms with Crippen LogP contribution >= 0.6 is 0 Å². The number of aromatic nitrogens is 1. The highest BCUT2D eigenvalue weighted by molar-refractivity contribution is 5.85. The van der Waals surface area contributed by atoms with E-state index in [4.69, 9.17) is 4.74 Å². The Morgan fingerprint density at radius 2 is 1.90 bits per heavy atom. The van der Waals surface area contributed by atoms with Gasteiger partial charge in [-0.25, -0.2) is 9.59 Å². The van der Waals surface area contributed by atoms with Crippen molar-refractivity contribution in [2.75, 3.05) is 6.54 Å². The van der Waals surface area contributed by atoms with Crippen molar-refractivity contribution in [2.24, 2.45) is 0 Å². The number of pyridine rings is 1. The first-order chi connectivity index (χ1) is 9.63. The van der Waals surface area contributed by atoms with E-state index in [1.165, 1.54) is 18.0 Å². The molecule has 0 fully saturated rings. The molecule has 0 aliphatic heterocycles. The molecule has 1 heterocycles. The van der Waals surface area contributed by atoms with Crippen molar-refractivity contribution in [3.8, 4) is 0 Å². The van der Waals surface area contributed by atoms with Gasteiger partial charge < -0.3 is 9.84 Å². The van der Waals surface area contributed by atoms with E-state index in [2.05, 4.69) is 4.98 Å². The van der Waals surface area contributed by atoms with E-state index in [9.17, 15) is 14.7 Å². The summed E-state index contributed by atoms with van der Waals surface area (Å²) >= 11 is 0. The van der Waals surface area contributed by atoms with Gasteiger partial charge in [-0.3, -0.25) is 9.88 Å². The Morgan fingerprint density at radius 3 is 2.29 bits per heavy atom. The molecular formula is C15H22N2O4. The number of hydrogen-bond donors (Lipinski definition) is 1. The molecule has 1 amide bonds. The highest BCUT2D eigenvalue weighted by Crippen LogP contribution is 2.28. The van der Waals surface area contributed by atoms with Gasteiger partial charge in [0.05, 0.1) is 5.69 Å². The number of rotatable bonds is 4. The highest BCUT2D eigenvalue weighted by atomic mass is 16.6. The third kappa shape index (κ3) is 3.71. The number of carbonyl (C=O) groups is 2. The molecule has 0 aliphatic rings. The Hall–Kier alpha value is -2.11. The first kappa shape index (κ1) is 16.9. The fourth-order valence-electron chi connectivity index (χ4n) is 1.96. The van der Waals surface area contributed by atoms with Crippen LogP contribution in [-0.2, 0) is 15.1 Å². The SMILES string of the molecule is CCN(C(=O)OC(C)(C)C)C(C)(C(=O)O)c1ccccn1. The minimum Gasteiger partial charge on any atom is -0.479 e. The summed E-state index contributed by atoms with van der Waals surface area (Å²) in [5.74, 6) is -1.16. The van der Waals surface area contributed by atoms with Crippen molar-refractivity contribution < 1.29 is 19.4 Å². The van der Waals surface area contributed by atoms with Crippen LogP contribution in [0.15, 0.2) is 24.4 Å². The molecule has 6 nitrogen and oxygen atoms in total. The van der Waals surface area contributed by atoms with Gasteiger partial charge in [-0.2, -0.15) is 0 Å². The molecule has 0 saturated carbocycles. The maximum atomic E-state index is 12.3. The van der Waals surface area contributed by atoms with E-state index >= 15 is 0 Å². The molecule has 1 atom stereocenters. The Labute approximate surface area is 124 Å². The zero-order valence-corrected chi connectivity index (χ0v) is 13.1. The number of amides is 1. The zero-order chi connectivity index (χ0) is 16.3. The molecule has 0 spiro atoms. The second-order valence-electron chi connectivity index (χ2n) is 5.82. The molecular weight excluding hydrogens is 272 g/mol. The quantitative estimate of drug-likeness (QED) is 0.923. The predicted octanol–water partition coefficient (Wildman–Crippen LogP) is 2.64. The number of aliphatic carboxylic acids is 1. The van der Waals surface area contributed by atoms with Crippen molar-refractivity contribution in [1.82, 2.24) is 9.88 Å². The summed E-state index contributed by atoms with van der Waals surface area (Å²) in [4.78, 5) is 29.4. The van der Waals surface area contributed by atoms with Crippen LogP contribution in [0.3, 0.4) is 0 Å². The largest absolute Gasteiger partial charge is 0.479 e. The normalized spacial score (nSPS) is 14.1. The van der Waals surface area contributed by atoms with Crippen LogP contribution in [0.25, 0.3) is 0 Å². The average molecular weight is 294 g/mol. The molecule has 21 heavy (non-hydrogen) atoms. The third-order valence-electron chi connectivity index (χ3n) is 3.05. The predicted molar refractivity (Wildman–Crippen MR) is 77.8 cm³/mol. The monoisotopic (exact) mass is 294 g/mol. The summed E-state index contributed by atoms with van der Waals surface area (Å²) in [6.45, 7) is 8.54. The highest BCUT2D eigenvalue weighted by Gasteiger charge is 2.46. The lowest BCUT2D eigenvalue weighted by Gasteiger charge is -2.37. The van der Waals surface area contributed by atoms with Gasteiger partial charge >= 0.3 is 12.1 Å². The zero-order valence-electron chi connectivity index (χ0n) is 13.1. The molecule has 116 valence electrons. The van der Waals surface area contributed by atoms with Crippen molar-refractivity contribution in [3.05, 3.63) is 30.1 Å². The number of hydrogen-bond acceptors (Lipinski definition) is 4. The molecule has 0 aliphatic carbocycles. The second-order valence-corrected chi connectivity index (χ2v) is 5.82. The molecule has 0 aromatic carbocycles. The van der Waals surface area contributed by atoms with Crippen LogP contribution in [-0.4, -0.2) is 39.2 Å². The number of likely N-dealkylation sites (N-methyl/N-ethyl adjacent to an activating group) is 1. The smallest absolute Gasteiger partial charge is 0.411 e. The molecule has 1 unspecified atom stereocenters. The van der Waals surface area contributed by atoms with E-state index in [1.54, 1.807) is 45.9 Å². The lowest BCUT2D eigenvalue weighted by atomic mass is 9.95. The Balaban J connectivity index is 3.25. The van der Waals surface area contributed by atoms with Crippen LogP contribution in [0.1, 0.15) is 40.3 Å². The summed E-state index contributed by atoms with van der Waals surface area (Å²) in [5.41, 5.74) is -2.00. The van der Waals surface area contributed by atoms with Crippen molar-refractivity contribution in [1.29, 1.82) is 0 Å². The number of carboxylic acid groups (broad SMARTS) is 1. The lowest BCUT2D eigenvalue weighted by Crippen LogP contribution is -2.54. The fraction of sp³-hybridized carbons (Fsp3) is 0.533. The van der Waals surface area contributed by atoms with Gasteiger partial charge in [0.25, 0.3) is 0 Å². The topological polar surface area (TPSA) is 79.7 Å². The molecule has 1 aromatic rings. The summed E-state index contributed by atoms with van der Waals surface area (Å²) in [6, 6.07) is 4.96. The first-order valence-corrected chi connectivity index (χ1v) is 6.78. The van der Waals surface area contributed by atoms with Gasteiger partial charge in [-0.15, -0.1) is 0 Å². The summed E-state index contributed by atoms with van der Waals surface area (Å²) < 4.78 is 5.30. The van der Waals surface area contributed by atoms with Gasteiger partial charge in [0.15, 0.2) is 5.54 Å². The molecule has 0 radical (unpaired) electrons. The van der Waals surface area contributed by atoms with Gasteiger partial charge in [0, 0.05) is 12.7 Å². The first-order valence-electron chi connectivity index (χ1n) is 6.78. The minimum atomic E-state index is -1.58. The maximum absolute atomic E-state index is 12.3. The summed E-state index contributed by atoms with van der Waals surface area (Å²) in [7, 11) is 0. The standard InChI is InChI=1S/C15H22N2O4/c1-6-17(13(20)21-14(2,3)4)15(5,12(18)19)11-9-7-8-10-16-11/h7-10H,6H2,1-5H3,(H,18,19). The molecule has 6 heteroatoms. The lowest BCUT2D eigenvalue weighted by molar-refractivity contribution is -0.151. The summed E-state index contributed by atoms with van der Waals surface area (Å²) in [6.07, 6.45) is 0.819. The van der Waals surface area contributed by atoms with E-state index < -0.39 is 23.2 Å². The van der Waals surface area contributed by atoms with E-state index in [-0.39, 0.29) is 12.2 Å². The van der Waals surface area contributed by atoms with Crippen molar-refractivity contribution >= 4 is 12.1 Å². The van der Waals surface area contributed by atoms with Crippen molar-refractivity contribution in [2.45, 2.75) is 45.8 Å². The van der Waals surface area contributed by atoms with Gasteiger partial charge in [0.2, 0.25) is 0 Å². The van der Waals surface area contributed by atoms with Crippen LogP contribution in [0.4, 0.5) is 4.79 Å². The van der Waals surface area contributed by atoms with E-state index in [0.29, 0.717) is 0 Å². The fourth-order valence-corrected chi connectivity index (χ4v) is 1.96. The number of nitrogens with zero attached hydrogens (tertiary/aromatic N) is 2. The molecule has 1 aromatic heterocycles.